The molecular weight excluding hydrogens is 542 g/mol. The predicted octanol–water partition coefficient (Wildman–Crippen LogP) is 5.30. The number of methoxy groups -OCH3 is 1. The highest BCUT2D eigenvalue weighted by atomic mass is 32.2. The molecule has 0 radical (unpaired) electrons. The summed E-state index contributed by atoms with van der Waals surface area (Å²) in [6, 6.07) is 11.3. The Labute approximate surface area is 239 Å². The van der Waals surface area contributed by atoms with Gasteiger partial charge in [-0.25, -0.2) is 12.7 Å². The van der Waals surface area contributed by atoms with Gasteiger partial charge in [0.2, 0.25) is 10.0 Å². The Kier molecular flexibility index (Phi) is 6.37. The summed E-state index contributed by atoms with van der Waals surface area (Å²) in [5.41, 5.74) is 5.19. The van der Waals surface area contributed by atoms with Crippen molar-refractivity contribution in [3.05, 3.63) is 58.0 Å². The van der Waals surface area contributed by atoms with Crippen LogP contribution in [0.5, 0.6) is 5.75 Å². The van der Waals surface area contributed by atoms with Crippen molar-refractivity contribution in [3.8, 4) is 17.0 Å². The molecule has 1 amide bonds. The molecule has 10 heteroatoms. The number of carbonyl (C=O) groups is 1. The molecule has 4 aliphatic rings. The lowest BCUT2D eigenvalue weighted by atomic mass is 9.81. The van der Waals surface area contributed by atoms with Crippen molar-refractivity contribution in [2.75, 3.05) is 20.2 Å². The van der Waals surface area contributed by atoms with Crippen LogP contribution in [0.25, 0.3) is 22.2 Å². The summed E-state index contributed by atoms with van der Waals surface area (Å²) in [7, 11) is -2.13. The molecule has 41 heavy (non-hydrogen) atoms. The van der Waals surface area contributed by atoms with Crippen LogP contribution in [0.4, 0.5) is 0 Å². The molecule has 3 aromatic rings. The van der Waals surface area contributed by atoms with Crippen molar-refractivity contribution in [3.63, 3.8) is 0 Å². The van der Waals surface area contributed by atoms with E-state index >= 15 is 0 Å². The maximum Gasteiger partial charge on any atom is 0.316 e. The molecule has 3 fully saturated rings. The van der Waals surface area contributed by atoms with Crippen LogP contribution < -0.4 is 4.74 Å². The molecule has 3 heterocycles. The zero-order chi connectivity index (χ0) is 28.5. The SMILES string of the molecule is COc1ccc2c(c1)C1CC1(S(=O)(=O)N1CCC(O)CC1)Cn1c-2c(C2CCCCC2)c2ccc(C(=O)N=O)cc21. The number of rotatable bonds is 5. The normalized spacial score (nSPS) is 25.2. The maximum absolute atomic E-state index is 14.5. The van der Waals surface area contributed by atoms with E-state index in [1.807, 2.05) is 18.2 Å². The van der Waals surface area contributed by atoms with Gasteiger partial charge in [0, 0.05) is 52.8 Å². The van der Waals surface area contributed by atoms with Gasteiger partial charge in [0.15, 0.2) is 0 Å². The van der Waals surface area contributed by atoms with E-state index in [-0.39, 0.29) is 18.0 Å². The first-order valence-electron chi connectivity index (χ1n) is 14.7. The number of aliphatic hydroxyl groups excluding tert-OH is 1. The standard InChI is InChI=1S/C31H35N3O6S/c1-40-22-8-10-23-25(16-22)26-17-31(26,41(38,39)33-13-11-21(35)12-14-33)18-34-27-15-20(30(36)32-37)7-9-24(27)28(29(23)34)19-5-3-2-4-6-19/h7-10,15-16,19,21,26,35H,2-6,11-14,17-18H2,1H3. The fourth-order valence-corrected chi connectivity index (χ4v) is 10.2. The van der Waals surface area contributed by atoms with Gasteiger partial charge in [-0.3, -0.25) is 4.79 Å². The zero-order valence-electron chi connectivity index (χ0n) is 23.2. The average molecular weight is 578 g/mol. The summed E-state index contributed by atoms with van der Waals surface area (Å²) >= 11 is 0. The van der Waals surface area contributed by atoms with Crippen LogP contribution in [0.2, 0.25) is 0 Å². The number of fused-ring (bicyclic) bond motifs is 7. The summed E-state index contributed by atoms with van der Waals surface area (Å²) in [6.07, 6.45) is 6.45. The van der Waals surface area contributed by atoms with Crippen molar-refractivity contribution in [2.24, 2.45) is 5.18 Å². The van der Waals surface area contributed by atoms with Gasteiger partial charge in [-0.1, -0.05) is 25.3 Å². The summed E-state index contributed by atoms with van der Waals surface area (Å²) in [5.74, 6) is -0.0375. The van der Waals surface area contributed by atoms with E-state index in [1.165, 1.54) is 12.0 Å². The monoisotopic (exact) mass is 577 g/mol. The molecular formula is C31H35N3O6S. The first kappa shape index (κ1) is 26.8. The van der Waals surface area contributed by atoms with Crippen LogP contribution in [0.15, 0.2) is 41.6 Å². The fraction of sp³-hybridized carbons (Fsp3) is 0.516. The molecule has 0 spiro atoms. The molecule has 1 N–H and O–H groups in total. The van der Waals surface area contributed by atoms with Crippen LogP contribution >= 0.6 is 0 Å². The quantitative estimate of drug-likeness (QED) is 0.411. The maximum atomic E-state index is 14.5. The number of benzene rings is 2. The molecule has 2 aliphatic heterocycles. The Morgan fingerprint density at radius 2 is 1.80 bits per heavy atom. The summed E-state index contributed by atoms with van der Waals surface area (Å²) in [5, 5.41) is 13.7. The molecule has 1 saturated heterocycles. The molecule has 7 rings (SSSR count). The van der Waals surface area contributed by atoms with Gasteiger partial charge < -0.3 is 14.4 Å². The number of carbonyl (C=O) groups excluding carboxylic acids is 1. The average Bonchev–Trinajstić information content (AvgIpc) is 3.68. The number of piperidine rings is 1. The number of hydrogen-bond acceptors (Lipinski definition) is 6. The van der Waals surface area contributed by atoms with E-state index < -0.39 is 26.8 Å². The van der Waals surface area contributed by atoms with E-state index in [0.717, 1.165) is 53.4 Å². The largest absolute Gasteiger partial charge is 0.497 e. The van der Waals surface area contributed by atoms with Crippen molar-refractivity contribution >= 4 is 26.8 Å². The zero-order valence-corrected chi connectivity index (χ0v) is 24.0. The van der Waals surface area contributed by atoms with Gasteiger partial charge in [0.05, 0.1) is 18.9 Å². The third-order valence-electron chi connectivity index (χ3n) is 10.1. The molecule has 2 aromatic carbocycles. The van der Waals surface area contributed by atoms with Crippen molar-refractivity contribution in [1.82, 2.24) is 8.87 Å². The smallest absolute Gasteiger partial charge is 0.316 e. The summed E-state index contributed by atoms with van der Waals surface area (Å²) < 4.78 is 37.2. The van der Waals surface area contributed by atoms with Crippen LogP contribution in [0.3, 0.4) is 0 Å². The highest BCUT2D eigenvalue weighted by Gasteiger charge is 2.67. The number of hydrogen-bond donors (Lipinski definition) is 1. The third-order valence-corrected chi connectivity index (χ3v) is 12.7. The lowest BCUT2D eigenvalue weighted by molar-refractivity contribution is 0.100. The number of amides is 1. The molecule has 216 valence electrons. The molecule has 1 aromatic heterocycles. The highest BCUT2D eigenvalue weighted by molar-refractivity contribution is 7.90. The van der Waals surface area contributed by atoms with Crippen LogP contribution in [0, 0.1) is 4.91 Å². The topological polar surface area (TPSA) is 118 Å². The van der Waals surface area contributed by atoms with Gasteiger partial charge in [-0.2, -0.15) is 0 Å². The second-order valence-electron chi connectivity index (χ2n) is 12.2. The van der Waals surface area contributed by atoms with E-state index in [1.54, 1.807) is 23.5 Å². The number of nitroso groups, excluding NO2 is 1. The number of aromatic nitrogens is 1. The Hall–Kier alpha value is -3.08. The molecule has 0 bridgehead atoms. The molecule has 9 nitrogen and oxygen atoms in total. The second kappa shape index (κ2) is 9.74. The van der Waals surface area contributed by atoms with Crippen LogP contribution in [-0.4, -0.2) is 59.4 Å². The van der Waals surface area contributed by atoms with E-state index in [4.69, 9.17) is 4.74 Å². The second-order valence-corrected chi connectivity index (χ2v) is 14.5. The lowest BCUT2D eigenvalue weighted by Crippen LogP contribution is -2.47. The molecule has 2 saturated carbocycles. The fourth-order valence-electron chi connectivity index (χ4n) is 7.82. The van der Waals surface area contributed by atoms with Crippen molar-refractivity contribution in [2.45, 2.75) is 80.6 Å². The Morgan fingerprint density at radius 1 is 1.05 bits per heavy atom. The number of nitrogens with zero attached hydrogens (tertiary/aromatic N) is 3. The first-order valence-corrected chi connectivity index (χ1v) is 16.1. The van der Waals surface area contributed by atoms with Gasteiger partial charge in [0.25, 0.3) is 0 Å². The van der Waals surface area contributed by atoms with E-state index in [0.29, 0.717) is 44.0 Å². The minimum absolute atomic E-state index is 0.205. The third kappa shape index (κ3) is 4.01. The molecule has 2 aliphatic carbocycles. The molecule has 2 unspecified atom stereocenters. The molecule has 2 atom stereocenters. The van der Waals surface area contributed by atoms with Crippen molar-refractivity contribution < 1.29 is 23.1 Å². The van der Waals surface area contributed by atoms with Crippen LogP contribution in [0.1, 0.15) is 84.7 Å². The lowest BCUT2D eigenvalue weighted by Gasteiger charge is -2.33. The first-order chi connectivity index (χ1) is 19.8. The minimum Gasteiger partial charge on any atom is -0.497 e. The van der Waals surface area contributed by atoms with Gasteiger partial charge in [-0.05, 0) is 79.5 Å². The Balaban J connectivity index is 1.49. The number of sulfonamides is 1. The predicted molar refractivity (Wildman–Crippen MR) is 156 cm³/mol. The van der Waals surface area contributed by atoms with Gasteiger partial charge in [0.1, 0.15) is 10.5 Å². The Morgan fingerprint density at radius 3 is 2.51 bits per heavy atom. The highest BCUT2D eigenvalue weighted by Crippen LogP contribution is 2.64. The van der Waals surface area contributed by atoms with Crippen LogP contribution in [-0.2, 0) is 16.6 Å². The summed E-state index contributed by atoms with van der Waals surface area (Å²) in [4.78, 5) is 23.6. The number of ether oxygens (including phenoxy) is 1. The summed E-state index contributed by atoms with van der Waals surface area (Å²) in [6.45, 7) is 0.860. The van der Waals surface area contributed by atoms with Gasteiger partial charge in [-0.15, -0.1) is 4.91 Å². The number of aliphatic hydroxyl groups is 1. The minimum atomic E-state index is -3.75. The van der Waals surface area contributed by atoms with E-state index in [9.17, 15) is 23.2 Å². The van der Waals surface area contributed by atoms with E-state index in [2.05, 4.69) is 15.8 Å². The van der Waals surface area contributed by atoms with Crippen molar-refractivity contribution in [1.29, 1.82) is 0 Å². The van der Waals surface area contributed by atoms with Gasteiger partial charge >= 0.3 is 5.91 Å². The Bertz CT molecular complexity index is 1670.